The summed E-state index contributed by atoms with van der Waals surface area (Å²) in [4.78, 5) is 10.8. The van der Waals surface area contributed by atoms with Gasteiger partial charge in [0.25, 0.3) is 10.0 Å². The van der Waals surface area contributed by atoms with Gasteiger partial charge < -0.3 is 0 Å². The highest BCUT2D eigenvalue weighted by atomic mass is 32.2. The van der Waals surface area contributed by atoms with E-state index in [1.807, 2.05) is 6.92 Å². The van der Waals surface area contributed by atoms with Crippen molar-refractivity contribution in [2.24, 2.45) is 5.29 Å². The molecule has 1 aromatic carbocycles. The van der Waals surface area contributed by atoms with E-state index in [4.69, 9.17) is 0 Å². The largest absolute Gasteiger partial charge is 0.281 e. The van der Waals surface area contributed by atoms with E-state index in [9.17, 15) is 13.3 Å². The molecule has 2 rings (SSSR count). The van der Waals surface area contributed by atoms with Crippen LogP contribution in [0.4, 0.5) is 0 Å². The third-order valence-electron chi connectivity index (χ3n) is 3.03. The maximum absolute atomic E-state index is 12.1. The Morgan fingerprint density at radius 2 is 1.82 bits per heavy atom. The first-order valence-corrected chi connectivity index (χ1v) is 6.94. The van der Waals surface area contributed by atoms with Crippen LogP contribution < -0.4 is 0 Å². The lowest BCUT2D eigenvalue weighted by molar-refractivity contribution is 0.223. The zero-order chi connectivity index (χ0) is 12.5. The third kappa shape index (κ3) is 2.17. The van der Waals surface area contributed by atoms with E-state index >= 15 is 0 Å². The molecule has 0 aliphatic heterocycles. The van der Waals surface area contributed by atoms with Gasteiger partial charge in [-0.3, -0.25) is 0 Å². The van der Waals surface area contributed by atoms with Crippen LogP contribution in [-0.2, 0) is 10.0 Å². The van der Waals surface area contributed by atoms with Gasteiger partial charge in [0.2, 0.25) is 0 Å². The average Bonchev–Trinajstić information content (AvgIpc) is 2.23. The van der Waals surface area contributed by atoms with Gasteiger partial charge in [-0.1, -0.05) is 17.7 Å². The minimum atomic E-state index is -3.77. The molecule has 92 valence electrons. The predicted octanol–water partition coefficient (Wildman–Crippen LogP) is 2.22. The Morgan fingerprint density at radius 3 is 2.24 bits per heavy atom. The molecule has 0 bridgehead atoms. The van der Waals surface area contributed by atoms with Gasteiger partial charge in [0.15, 0.2) is 0 Å². The van der Waals surface area contributed by atoms with E-state index < -0.39 is 10.0 Å². The fourth-order valence-electron chi connectivity index (χ4n) is 1.73. The third-order valence-corrected chi connectivity index (χ3v) is 4.76. The first-order valence-electron chi connectivity index (χ1n) is 5.50. The first-order chi connectivity index (χ1) is 8.05. The Hall–Kier alpha value is -1.43. The van der Waals surface area contributed by atoms with Crippen LogP contribution in [0.25, 0.3) is 0 Å². The lowest BCUT2D eigenvalue weighted by Gasteiger charge is -2.31. The van der Waals surface area contributed by atoms with Crippen molar-refractivity contribution in [2.75, 3.05) is 0 Å². The molecule has 1 aliphatic carbocycles. The van der Waals surface area contributed by atoms with Crippen LogP contribution in [0, 0.1) is 11.8 Å². The van der Waals surface area contributed by atoms with Gasteiger partial charge in [0.1, 0.15) is 0 Å². The van der Waals surface area contributed by atoms with Crippen LogP contribution in [0.5, 0.6) is 0 Å². The summed E-state index contributed by atoms with van der Waals surface area (Å²) < 4.78 is 25.0. The second-order valence-corrected chi connectivity index (χ2v) is 6.05. The molecule has 0 spiro atoms. The van der Waals surface area contributed by atoms with Crippen molar-refractivity contribution in [3.8, 4) is 0 Å². The zero-order valence-corrected chi connectivity index (χ0v) is 10.4. The number of benzene rings is 1. The normalized spacial score (nSPS) is 16.3. The molecule has 1 fully saturated rings. The summed E-state index contributed by atoms with van der Waals surface area (Å²) in [5, 5.41) is 2.68. The smallest absolute Gasteiger partial charge is 0.200 e. The van der Waals surface area contributed by atoms with E-state index in [1.165, 1.54) is 12.1 Å². The molecule has 1 aromatic rings. The van der Waals surface area contributed by atoms with E-state index in [2.05, 4.69) is 5.29 Å². The van der Waals surface area contributed by atoms with Crippen molar-refractivity contribution < 1.29 is 8.42 Å². The highest BCUT2D eigenvalue weighted by Crippen LogP contribution is 2.30. The number of nitroso groups, excluding NO2 is 1. The fourth-order valence-corrected chi connectivity index (χ4v) is 3.12. The van der Waals surface area contributed by atoms with Gasteiger partial charge in [0, 0.05) is 0 Å². The monoisotopic (exact) mass is 254 g/mol. The number of hydrogen-bond acceptors (Lipinski definition) is 4. The summed E-state index contributed by atoms with van der Waals surface area (Å²) >= 11 is 0. The Bertz CT molecular complexity index is 506. The second kappa shape index (κ2) is 4.44. The first kappa shape index (κ1) is 12.0. The van der Waals surface area contributed by atoms with Crippen molar-refractivity contribution in [2.45, 2.75) is 37.1 Å². The predicted molar refractivity (Wildman–Crippen MR) is 63.6 cm³/mol. The summed E-state index contributed by atoms with van der Waals surface area (Å²) in [5.74, 6) is 0. The summed E-state index contributed by atoms with van der Waals surface area (Å²) in [6.07, 6.45) is 2.35. The molecule has 0 N–H and O–H groups in total. The molecule has 0 saturated heterocycles. The fraction of sp³-hybridized carbons (Fsp3) is 0.455. The maximum atomic E-state index is 12.1. The summed E-state index contributed by atoms with van der Waals surface area (Å²) in [6, 6.07) is 6.15. The van der Waals surface area contributed by atoms with E-state index in [0.717, 1.165) is 12.0 Å². The molecular formula is C11H14N2O3S. The standard InChI is InChI=1S/C11H14N2O3S/c1-9-5-7-11(8-6-9)17(15,16)13(12-14)10-3-2-4-10/h5-8,10H,2-4H2,1H3. The van der Waals surface area contributed by atoms with Crippen LogP contribution in [0.15, 0.2) is 34.4 Å². The highest BCUT2D eigenvalue weighted by Gasteiger charge is 2.35. The molecule has 5 nitrogen and oxygen atoms in total. The number of aryl methyl sites for hydroxylation is 1. The number of nitrogens with zero attached hydrogens (tertiary/aromatic N) is 2. The van der Waals surface area contributed by atoms with Gasteiger partial charge >= 0.3 is 0 Å². The molecular weight excluding hydrogens is 240 g/mol. The molecule has 1 saturated carbocycles. The molecule has 0 aromatic heterocycles. The van der Waals surface area contributed by atoms with Crippen molar-refractivity contribution in [1.29, 1.82) is 0 Å². The molecule has 0 heterocycles. The lowest BCUT2D eigenvalue weighted by atomic mass is 9.94. The summed E-state index contributed by atoms with van der Waals surface area (Å²) in [5.41, 5.74) is 0.971. The van der Waals surface area contributed by atoms with E-state index in [1.54, 1.807) is 12.1 Å². The van der Waals surface area contributed by atoms with Crippen LogP contribution in [0.1, 0.15) is 24.8 Å². The molecule has 6 heteroatoms. The Balaban J connectivity index is 2.33. The Kier molecular flexibility index (Phi) is 3.15. The number of sulfonamides is 1. The summed E-state index contributed by atoms with van der Waals surface area (Å²) in [7, 11) is -3.77. The van der Waals surface area contributed by atoms with Crippen molar-refractivity contribution in [1.82, 2.24) is 4.41 Å². The van der Waals surface area contributed by atoms with Crippen LogP contribution in [0.2, 0.25) is 0 Å². The second-order valence-electron chi connectivity index (χ2n) is 4.26. The minimum absolute atomic E-state index is 0.120. The Labute approximate surface area is 100 Å². The highest BCUT2D eigenvalue weighted by molar-refractivity contribution is 7.89. The van der Waals surface area contributed by atoms with Crippen LogP contribution in [-0.4, -0.2) is 18.9 Å². The lowest BCUT2D eigenvalue weighted by Crippen LogP contribution is -2.40. The van der Waals surface area contributed by atoms with Crippen LogP contribution >= 0.6 is 0 Å². The summed E-state index contributed by atoms with van der Waals surface area (Å²) in [6.45, 7) is 1.87. The minimum Gasteiger partial charge on any atom is -0.200 e. The van der Waals surface area contributed by atoms with Gasteiger partial charge in [-0.05, 0) is 38.3 Å². The molecule has 0 atom stereocenters. The van der Waals surface area contributed by atoms with Gasteiger partial charge in [-0.2, -0.15) is 8.42 Å². The van der Waals surface area contributed by atoms with Crippen LogP contribution in [0.3, 0.4) is 0 Å². The molecule has 1 aliphatic rings. The topological polar surface area (TPSA) is 66.8 Å². The van der Waals surface area contributed by atoms with Crippen molar-refractivity contribution >= 4 is 10.0 Å². The quantitative estimate of drug-likeness (QED) is 0.611. The Morgan fingerprint density at radius 1 is 1.24 bits per heavy atom. The van der Waals surface area contributed by atoms with Crippen molar-refractivity contribution in [3.05, 3.63) is 34.7 Å². The molecule has 17 heavy (non-hydrogen) atoms. The molecule has 0 amide bonds. The SMILES string of the molecule is Cc1ccc(S(=O)(=O)N(N=O)C2CCC2)cc1. The number of hydrogen-bond donors (Lipinski definition) is 0. The zero-order valence-electron chi connectivity index (χ0n) is 9.54. The van der Waals surface area contributed by atoms with E-state index in [-0.39, 0.29) is 10.9 Å². The number of rotatable bonds is 4. The maximum Gasteiger partial charge on any atom is 0.281 e. The van der Waals surface area contributed by atoms with Gasteiger partial charge in [-0.25, -0.2) is 0 Å². The van der Waals surface area contributed by atoms with Gasteiger partial charge in [0.05, 0.1) is 16.2 Å². The molecule has 0 unspecified atom stereocenters. The molecule has 0 radical (unpaired) electrons. The van der Waals surface area contributed by atoms with E-state index in [0.29, 0.717) is 17.3 Å². The van der Waals surface area contributed by atoms with Crippen molar-refractivity contribution in [3.63, 3.8) is 0 Å². The van der Waals surface area contributed by atoms with Gasteiger partial charge in [-0.15, -0.1) is 9.32 Å². The average molecular weight is 254 g/mol.